The largest absolute Gasteiger partial charge is 0.311 e. The first-order valence-electron chi connectivity index (χ1n) is 15.4. The van der Waals surface area contributed by atoms with Crippen LogP contribution in [0.4, 0.5) is 17.1 Å². The molecule has 212 valence electrons. The van der Waals surface area contributed by atoms with Gasteiger partial charge < -0.3 is 4.90 Å². The Balaban J connectivity index is 1.23. The van der Waals surface area contributed by atoms with Crippen LogP contribution >= 0.6 is 0 Å². The van der Waals surface area contributed by atoms with Crippen molar-refractivity contribution in [2.75, 3.05) is 4.90 Å². The minimum absolute atomic E-state index is 1.13. The summed E-state index contributed by atoms with van der Waals surface area (Å²) in [5.41, 5.74) is 10.7. The van der Waals surface area contributed by atoms with Crippen LogP contribution in [0.1, 0.15) is 0 Å². The summed E-state index contributed by atoms with van der Waals surface area (Å²) < 4.78 is 0. The molecule has 0 aliphatic heterocycles. The van der Waals surface area contributed by atoms with E-state index in [0.29, 0.717) is 0 Å². The average molecular weight is 574 g/mol. The number of nitrogens with zero attached hydrogens (tertiary/aromatic N) is 1. The Hall–Kier alpha value is -5.92. The van der Waals surface area contributed by atoms with E-state index in [2.05, 4.69) is 193 Å². The summed E-state index contributed by atoms with van der Waals surface area (Å²) in [5.74, 6) is 0. The highest BCUT2D eigenvalue weighted by Gasteiger charge is 2.15. The van der Waals surface area contributed by atoms with Crippen molar-refractivity contribution in [1.82, 2.24) is 0 Å². The van der Waals surface area contributed by atoms with Crippen LogP contribution in [0.3, 0.4) is 0 Å². The van der Waals surface area contributed by atoms with E-state index in [1.165, 1.54) is 54.9 Å². The minimum Gasteiger partial charge on any atom is -0.311 e. The van der Waals surface area contributed by atoms with Crippen molar-refractivity contribution in [1.29, 1.82) is 0 Å². The maximum absolute atomic E-state index is 2.35. The standard InChI is InChI=1S/C44H31N/c1-4-14-33(15-5-1)43-31-36-16-10-11-23-40(36)42-25-13-24-41(44(42)43)35-18-12-17-34(30-35)32-26-28-39(29-27-32)45(37-19-6-2-7-20-37)38-21-8-3-9-22-38/h1-31H. The fraction of sp³-hybridized carbons (Fsp3) is 0. The Bertz CT molecular complexity index is 2200. The van der Waals surface area contributed by atoms with Gasteiger partial charge in [-0.2, -0.15) is 0 Å². The van der Waals surface area contributed by atoms with Crippen LogP contribution in [-0.2, 0) is 0 Å². The van der Waals surface area contributed by atoms with Gasteiger partial charge in [0.15, 0.2) is 0 Å². The van der Waals surface area contributed by atoms with Crippen molar-refractivity contribution < 1.29 is 0 Å². The van der Waals surface area contributed by atoms with E-state index in [-0.39, 0.29) is 0 Å². The molecule has 8 rings (SSSR count). The van der Waals surface area contributed by atoms with Gasteiger partial charge in [0.1, 0.15) is 0 Å². The van der Waals surface area contributed by atoms with E-state index < -0.39 is 0 Å². The molecule has 0 heterocycles. The molecule has 8 aromatic carbocycles. The lowest BCUT2D eigenvalue weighted by atomic mass is 9.87. The van der Waals surface area contributed by atoms with Gasteiger partial charge in [0.2, 0.25) is 0 Å². The second-order valence-corrected chi connectivity index (χ2v) is 11.4. The number of rotatable bonds is 6. The predicted molar refractivity (Wildman–Crippen MR) is 192 cm³/mol. The van der Waals surface area contributed by atoms with E-state index in [9.17, 15) is 0 Å². The van der Waals surface area contributed by atoms with Crippen molar-refractivity contribution in [3.8, 4) is 33.4 Å². The number of hydrogen-bond donors (Lipinski definition) is 0. The zero-order valence-electron chi connectivity index (χ0n) is 24.8. The van der Waals surface area contributed by atoms with Crippen LogP contribution in [0.2, 0.25) is 0 Å². The van der Waals surface area contributed by atoms with Crippen molar-refractivity contribution in [2.24, 2.45) is 0 Å². The molecule has 0 saturated carbocycles. The highest BCUT2D eigenvalue weighted by Crippen LogP contribution is 2.42. The third-order valence-corrected chi connectivity index (χ3v) is 8.63. The van der Waals surface area contributed by atoms with Crippen LogP contribution < -0.4 is 4.90 Å². The van der Waals surface area contributed by atoms with Gasteiger partial charge in [-0.3, -0.25) is 0 Å². The van der Waals surface area contributed by atoms with Gasteiger partial charge >= 0.3 is 0 Å². The van der Waals surface area contributed by atoms with Crippen LogP contribution in [0, 0.1) is 0 Å². The quantitative estimate of drug-likeness (QED) is 0.179. The summed E-state index contributed by atoms with van der Waals surface area (Å²) >= 11 is 0. The Morgan fingerprint density at radius 2 is 0.822 bits per heavy atom. The summed E-state index contributed by atoms with van der Waals surface area (Å²) in [7, 11) is 0. The van der Waals surface area contributed by atoms with Gasteiger partial charge in [-0.15, -0.1) is 0 Å². The van der Waals surface area contributed by atoms with Gasteiger partial charge in [0, 0.05) is 17.1 Å². The van der Waals surface area contributed by atoms with Crippen LogP contribution in [-0.4, -0.2) is 0 Å². The predicted octanol–water partition coefficient (Wildman–Crippen LogP) is 12.5. The maximum Gasteiger partial charge on any atom is 0.0462 e. The van der Waals surface area contributed by atoms with Crippen LogP contribution in [0.15, 0.2) is 188 Å². The molecule has 0 fully saturated rings. The molecule has 0 saturated heterocycles. The van der Waals surface area contributed by atoms with Crippen molar-refractivity contribution in [2.45, 2.75) is 0 Å². The van der Waals surface area contributed by atoms with Crippen molar-refractivity contribution in [3.05, 3.63) is 188 Å². The molecule has 0 aromatic heterocycles. The molecule has 0 atom stereocenters. The lowest BCUT2D eigenvalue weighted by molar-refractivity contribution is 1.28. The summed E-state index contributed by atoms with van der Waals surface area (Å²) in [5, 5.41) is 5.11. The van der Waals surface area contributed by atoms with Gasteiger partial charge in [-0.1, -0.05) is 140 Å². The third kappa shape index (κ3) is 5.05. The zero-order chi connectivity index (χ0) is 30.0. The molecule has 0 bridgehead atoms. The van der Waals surface area contributed by atoms with Gasteiger partial charge in [-0.05, 0) is 103 Å². The van der Waals surface area contributed by atoms with Gasteiger partial charge in [0.25, 0.3) is 0 Å². The number of benzene rings is 8. The monoisotopic (exact) mass is 573 g/mol. The molecule has 0 radical (unpaired) electrons. The van der Waals surface area contributed by atoms with E-state index in [0.717, 1.165) is 17.1 Å². The second kappa shape index (κ2) is 11.6. The van der Waals surface area contributed by atoms with Gasteiger partial charge in [0.05, 0.1) is 0 Å². The lowest BCUT2D eigenvalue weighted by Gasteiger charge is -2.25. The Morgan fingerprint density at radius 1 is 0.289 bits per heavy atom. The van der Waals surface area contributed by atoms with Crippen LogP contribution in [0.5, 0.6) is 0 Å². The summed E-state index contributed by atoms with van der Waals surface area (Å²) in [6.45, 7) is 0. The SMILES string of the molecule is c1ccc(-c2cc3ccccc3c3cccc(-c4cccc(-c5ccc(N(c6ccccc6)c6ccccc6)cc5)c4)c23)cc1. The highest BCUT2D eigenvalue weighted by molar-refractivity contribution is 6.18. The summed E-state index contributed by atoms with van der Waals surface area (Å²) in [6.07, 6.45) is 0. The Kier molecular flexibility index (Phi) is 6.90. The van der Waals surface area contributed by atoms with E-state index >= 15 is 0 Å². The van der Waals surface area contributed by atoms with E-state index in [1.807, 2.05) is 0 Å². The summed E-state index contributed by atoms with van der Waals surface area (Å²) in [6, 6.07) is 67.5. The molecule has 0 unspecified atom stereocenters. The number of para-hydroxylation sites is 2. The molecule has 0 spiro atoms. The van der Waals surface area contributed by atoms with Crippen molar-refractivity contribution in [3.63, 3.8) is 0 Å². The molecular weight excluding hydrogens is 542 g/mol. The Labute approximate surface area is 264 Å². The third-order valence-electron chi connectivity index (χ3n) is 8.63. The molecule has 8 aromatic rings. The molecule has 0 amide bonds. The highest BCUT2D eigenvalue weighted by atomic mass is 15.1. The minimum atomic E-state index is 1.13. The number of hydrogen-bond acceptors (Lipinski definition) is 1. The van der Waals surface area contributed by atoms with E-state index in [4.69, 9.17) is 0 Å². The zero-order valence-corrected chi connectivity index (χ0v) is 24.8. The first-order valence-corrected chi connectivity index (χ1v) is 15.4. The number of fused-ring (bicyclic) bond motifs is 3. The fourth-order valence-electron chi connectivity index (χ4n) is 6.52. The molecular formula is C44H31N. The topological polar surface area (TPSA) is 3.24 Å². The molecule has 1 heteroatoms. The molecule has 45 heavy (non-hydrogen) atoms. The lowest BCUT2D eigenvalue weighted by Crippen LogP contribution is -2.09. The smallest absolute Gasteiger partial charge is 0.0462 e. The van der Waals surface area contributed by atoms with E-state index in [1.54, 1.807) is 0 Å². The molecule has 0 aliphatic rings. The normalized spacial score (nSPS) is 11.1. The Morgan fingerprint density at radius 3 is 1.53 bits per heavy atom. The first-order chi connectivity index (χ1) is 22.3. The van der Waals surface area contributed by atoms with Gasteiger partial charge in [-0.25, -0.2) is 0 Å². The van der Waals surface area contributed by atoms with Crippen LogP contribution in [0.25, 0.3) is 54.9 Å². The maximum atomic E-state index is 2.35. The fourth-order valence-corrected chi connectivity index (χ4v) is 6.52. The second-order valence-electron chi connectivity index (χ2n) is 11.4. The van der Waals surface area contributed by atoms with Crippen molar-refractivity contribution >= 4 is 38.6 Å². The molecule has 0 aliphatic carbocycles. The molecule has 0 N–H and O–H groups in total. The average Bonchev–Trinajstić information content (AvgIpc) is 3.13. The summed E-state index contributed by atoms with van der Waals surface area (Å²) in [4.78, 5) is 2.30. The first kappa shape index (κ1) is 26.7. The number of anilines is 3. The molecule has 1 nitrogen and oxygen atoms in total.